The van der Waals surface area contributed by atoms with E-state index >= 15 is 0 Å². The molecule has 128 valence electrons. The number of nitrogens with two attached hydrogens (primary N) is 1. The van der Waals surface area contributed by atoms with Gasteiger partial charge in [-0.2, -0.15) is 0 Å². The van der Waals surface area contributed by atoms with Crippen molar-refractivity contribution in [2.24, 2.45) is 0 Å². The van der Waals surface area contributed by atoms with E-state index in [0.29, 0.717) is 39.8 Å². The molecule has 2 aromatic rings. The topological polar surface area (TPSA) is 85.1 Å². The van der Waals surface area contributed by atoms with E-state index in [0.717, 1.165) is 12.8 Å². The molecule has 0 bridgehead atoms. The molecule has 6 nitrogen and oxygen atoms in total. The summed E-state index contributed by atoms with van der Waals surface area (Å²) in [4.78, 5) is 8.54. The third-order valence-electron chi connectivity index (χ3n) is 4.24. The van der Waals surface area contributed by atoms with Crippen molar-refractivity contribution < 1.29 is 4.74 Å². The maximum absolute atomic E-state index is 6.25. The number of hydrogen-bond acceptors (Lipinski definition) is 6. The molecule has 0 spiro atoms. The average molecular weight is 348 g/mol. The molecule has 4 N–H and O–H groups in total. The van der Waals surface area contributed by atoms with Crippen molar-refractivity contribution in [2.45, 2.75) is 38.1 Å². The second-order valence-electron chi connectivity index (χ2n) is 5.93. The van der Waals surface area contributed by atoms with Crippen molar-refractivity contribution in [1.29, 1.82) is 0 Å². The first-order valence-electron chi connectivity index (χ1n) is 8.15. The van der Waals surface area contributed by atoms with Crippen LogP contribution >= 0.6 is 11.6 Å². The number of methoxy groups -OCH3 is 1. The van der Waals surface area contributed by atoms with Gasteiger partial charge in [-0.25, -0.2) is 9.97 Å². The Morgan fingerprint density at radius 1 is 1.17 bits per heavy atom. The fraction of sp³-hybridized carbons (Fsp3) is 0.412. The van der Waals surface area contributed by atoms with Gasteiger partial charge >= 0.3 is 0 Å². The molecule has 0 unspecified atom stereocenters. The molecule has 1 aliphatic rings. The molecule has 0 atom stereocenters. The van der Waals surface area contributed by atoms with E-state index in [9.17, 15) is 0 Å². The summed E-state index contributed by atoms with van der Waals surface area (Å²) < 4.78 is 5.34. The van der Waals surface area contributed by atoms with Gasteiger partial charge in [0.15, 0.2) is 11.6 Å². The summed E-state index contributed by atoms with van der Waals surface area (Å²) in [5.74, 6) is 1.86. The quantitative estimate of drug-likeness (QED) is 0.751. The summed E-state index contributed by atoms with van der Waals surface area (Å²) in [7, 11) is 1.60. The lowest BCUT2D eigenvalue weighted by Gasteiger charge is -2.24. The van der Waals surface area contributed by atoms with Crippen molar-refractivity contribution in [2.75, 3.05) is 23.5 Å². The highest BCUT2D eigenvalue weighted by Crippen LogP contribution is 2.33. The summed E-state index contributed by atoms with van der Waals surface area (Å²) in [5, 5.41) is 7.23. The van der Waals surface area contributed by atoms with Gasteiger partial charge in [-0.1, -0.05) is 30.9 Å². The molecule has 0 saturated heterocycles. The number of anilines is 4. The smallest absolute Gasteiger partial charge is 0.159 e. The number of aromatic nitrogens is 2. The van der Waals surface area contributed by atoms with E-state index in [1.807, 2.05) is 0 Å². The molecule has 0 amide bonds. The van der Waals surface area contributed by atoms with Crippen LogP contribution in [0.15, 0.2) is 24.5 Å². The van der Waals surface area contributed by atoms with Crippen LogP contribution in [0.1, 0.15) is 32.1 Å². The van der Waals surface area contributed by atoms with Gasteiger partial charge in [-0.05, 0) is 31.0 Å². The Hall–Kier alpha value is -2.21. The van der Waals surface area contributed by atoms with Gasteiger partial charge in [0.25, 0.3) is 0 Å². The Morgan fingerprint density at radius 3 is 2.67 bits per heavy atom. The van der Waals surface area contributed by atoms with Gasteiger partial charge < -0.3 is 21.1 Å². The Labute approximate surface area is 146 Å². The highest BCUT2D eigenvalue weighted by molar-refractivity contribution is 6.31. The summed E-state index contributed by atoms with van der Waals surface area (Å²) in [6.45, 7) is 0. The largest absolute Gasteiger partial charge is 0.495 e. The maximum atomic E-state index is 6.25. The molecule has 1 heterocycles. The van der Waals surface area contributed by atoms with E-state index < -0.39 is 0 Å². The third-order valence-corrected chi connectivity index (χ3v) is 4.48. The van der Waals surface area contributed by atoms with Crippen LogP contribution in [0.5, 0.6) is 5.75 Å². The second-order valence-corrected chi connectivity index (χ2v) is 6.37. The van der Waals surface area contributed by atoms with Gasteiger partial charge in [-0.15, -0.1) is 0 Å². The third kappa shape index (κ3) is 3.82. The highest BCUT2D eigenvalue weighted by Gasteiger charge is 2.17. The molecule has 1 aliphatic carbocycles. The average Bonchev–Trinajstić information content (AvgIpc) is 2.60. The van der Waals surface area contributed by atoms with Crippen LogP contribution in [0.4, 0.5) is 23.0 Å². The zero-order valence-corrected chi connectivity index (χ0v) is 14.4. The van der Waals surface area contributed by atoms with Crippen LogP contribution in [0, 0.1) is 0 Å². The Kier molecular flexibility index (Phi) is 5.25. The number of hydrogen-bond donors (Lipinski definition) is 3. The van der Waals surface area contributed by atoms with Gasteiger partial charge in [0.05, 0.1) is 12.8 Å². The Balaban J connectivity index is 1.81. The number of nitrogens with one attached hydrogen (secondary N) is 2. The normalized spacial score (nSPS) is 15.1. The molecule has 1 aromatic carbocycles. The summed E-state index contributed by atoms with van der Waals surface area (Å²) in [5.41, 5.74) is 7.45. The first-order valence-corrected chi connectivity index (χ1v) is 8.52. The van der Waals surface area contributed by atoms with Gasteiger partial charge in [0.2, 0.25) is 0 Å². The molecule has 3 rings (SSSR count). The summed E-state index contributed by atoms with van der Waals surface area (Å²) >= 11 is 6.07. The zero-order valence-electron chi connectivity index (χ0n) is 13.7. The van der Waals surface area contributed by atoms with E-state index in [1.54, 1.807) is 25.3 Å². The van der Waals surface area contributed by atoms with Crippen molar-refractivity contribution in [1.82, 2.24) is 9.97 Å². The first kappa shape index (κ1) is 16.6. The van der Waals surface area contributed by atoms with Crippen LogP contribution < -0.4 is 21.1 Å². The predicted octanol–water partition coefficient (Wildman–Crippen LogP) is 4.21. The number of nitrogen functional groups attached to an aromatic ring is 1. The number of benzene rings is 1. The summed E-state index contributed by atoms with van der Waals surface area (Å²) in [6, 6.07) is 5.76. The van der Waals surface area contributed by atoms with Crippen LogP contribution in [0.2, 0.25) is 5.02 Å². The van der Waals surface area contributed by atoms with E-state index in [4.69, 9.17) is 22.1 Å². The second kappa shape index (κ2) is 7.57. The van der Waals surface area contributed by atoms with Crippen LogP contribution in [0.25, 0.3) is 0 Å². The minimum absolute atomic E-state index is 0.421. The number of ether oxygens (including phenoxy) is 1. The zero-order chi connectivity index (χ0) is 16.9. The molecule has 0 radical (unpaired) electrons. The Bertz CT molecular complexity index is 703. The monoisotopic (exact) mass is 347 g/mol. The van der Waals surface area contributed by atoms with Crippen molar-refractivity contribution in [3.63, 3.8) is 0 Å². The molecule has 1 saturated carbocycles. The number of halogens is 1. The number of rotatable bonds is 5. The number of nitrogens with zero attached hydrogens (tertiary/aromatic N) is 2. The lowest BCUT2D eigenvalue weighted by molar-refractivity contribution is 0.417. The van der Waals surface area contributed by atoms with Crippen molar-refractivity contribution in [3.05, 3.63) is 29.5 Å². The predicted molar refractivity (Wildman–Crippen MR) is 98.2 cm³/mol. The van der Waals surface area contributed by atoms with Crippen molar-refractivity contribution >= 4 is 34.6 Å². The van der Waals surface area contributed by atoms with Gasteiger partial charge in [-0.3, -0.25) is 0 Å². The fourth-order valence-electron chi connectivity index (χ4n) is 2.96. The maximum Gasteiger partial charge on any atom is 0.159 e. The first-order chi connectivity index (χ1) is 11.7. The molecule has 0 aliphatic heterocycles. The van der Waals surface area contributed by atoms with Crippen molar-refractivity contribution in [3.8, 4) is 5.75 Å². The van der Waals surface area contributed by atoms with Gasteiger partial charge in [0.1, 0.15) is 17.8 Å². The minimum atomic E-state index is 0.421. The molecule has 24 heavy (non-hydrogen) atoms. The van der Waals surface area contributed by atoms with Crippen LogP contribution in [0.3, 0.4) is 0 Å². The molecular weight excluding hydrogens is 326 g/mol. The van der Waals surface area contributed by atoms with E-state index in [1.165, 1.54) is 25.6 Å². The lowest BCUT2D eigenvalue weighted by atomic mass is 9.95. The molecular formula is C17H22ClN5O. The summed E-state index contributed by atoms with van der Waals surface area (Å²) in [6.07, 6.45) is 7.59. The molecule has 1 fully saturated rings. The molecule has 1 aromatic heterocycles. The van der Waals surface area contributed by atoms with Crippen LogP contribution in [-0.4, -0.2) is 23.1 Å². The molecule has 7 heteroatoms. The SMILES string of the molecule is COc1ccc(Cl)cc1Nc1ncnc(NC2CCCCC2)c1N. The van der Waals surface area contributed by atoms with E-state index in [-0.39, 0.29) is 0 Å². The minimum Gasteiger partial charge on any atom is -0.495 e. The van der Waals surface area contributed by atoms with E-state index in [2.05, 4.69) is 20.6 Å². The highest BCUT2D eigenvalue weighted by atomic mass is 35.5. The lowest BCUT2D eigenvalue weighted by Crippen LogP contribution is -2.23. The fourth-order valence-corrected chi connectivity index (χ4v) is 3.13. The van der Waals surface area contributed by atoms with Crippen LogP contribution in [-0.2, 0) is 0 Å². The standard InChI is InChI=1S/C17H22ClN5O/c1-24-14-8-7-11(18)9-13(14)23-17-15(19)16(20-10-21-17)22-12-5-3-2-4-6-12/h7-10,12H,2-6,19H2,1H3,(H2,20,21,22,23). The Morgan fingerprint density at radius 2 is 1.92 bits per heavy atom. The van der Waals surface area contributed by atoms with Gasteiger partial charge in [0, 0.05) is 11.1 Å².